The van der Waals surface area contributed by atoms with Gasteiger partial charge in [0.1, 0.15) is 11.4 Å². The fraction of sp³-hybridized carbons (Fsp3) is 0.0909. The van der Waals surface area contributed by atoms with Crippen LogP contribution < -0.4 is 9.46 Å². The Morgan fingerprint density at radius 3 is 2.67 bits per heavy atom. The van der Waals surface area contributed by atoms with Crippen molar-refractivity contribution < 1.29 is 17.9 Å². The molecular weight excluding hydrogens is 402 g/mol. The van der Waals surface area contributed by atoms with Gasteiger partial charge >= 0.3 is 0 Å². The fourth-order valence-electron chi connectivity index (χ4n) is 3.36. The zero-order valence-corrected chi connectivity index (χ0v) is 17.2. The zero-order valence-electron chi connectivity index (χ0n) is 16.3. The van der Waals surface area contributed by atoms with Crippen LogP contribution in [0.25, 0.3) is 22.2 Å². The van der Waals surface area contributed by atoms with Crippen LogP contribution in [0.5, 0.6) is 5.75 Å². The van der Waals surface area contributed by atoms with Crippen molar-refractivity contribution in [1.82, 2.24) is 9.97 Å². The van der Waals surface area contributed by atoms with E-state index in [9.17, 15) is 13.2 Å². The van der Waals surface area contributed by atoms with Gasteiger partial charge in [-0.25, -0.2) is 13.4 Å². The molecule has 0 unspecified atom stereocenters. The summed E-state index contributed by atoms with van der Waals surface area (Å²) in [5, 5.41) is 0.668. The third kappa shape index (κ3) is 3.90. The minimum Gasteiger partial charge on any atom is -0.497 e. The van der Waals surface area contributed by atoms with E-state index in [0.29, 0.717) is 33.6 Å². The van der Waals surface area contributed by atoms with Gasteiger partial charge in [-0.3, -0.25) is 9.52 Å². The number of aromatic nitrogens is 2. The number of hydrogen-bond donors (Lipinski definition) is 2. The lowest BCUT2D eigenvalue weighted by Crippen LogP contribution is -2.09. The number of aromatic amines is 1. The average molecular weight is 421 g/mol. The Kier molecular flexibility index (Phi) is 5.01. The normalized spacial score (nSPS) is 11.4. The van der Waals surface area contributed by atoms with E-state index in [4.69, 9.17) is 4.74 Å². The van der Waals surface area contributed by atoms with Gasteiger partial charge in [0, 0.05) is 29.0 Å². The summed E-state index contributed by atoms with van der Waals surface area (Å²) in [6.07, 6.45) is 4.38. The van der Waals surface area contributed by atoms with Crippen molar-refractivity contribution >= 4 is 32.5 Å². The summed E-state index contributed by atoms with van der Waals surface area (Å²) in [6.45, 7) is 0. The van der Waals surface area contributed by atoms with E-state index in [2.05, 4.69) is 14.7 Å². The molecule has 0 aliphatic rings. The number of ether oxygens (including phenoxy) is 1. The molecule has 2 aromatic heterocycles. The predicted octanol–water partition coefficient (Wildman–Crippen LogP) is 3.84. The molecule has 2 aromatic carbocycles. The number of nitrogens with one attached hydrogen (secondary N) is 2. The van der Waals surface area contributed by atoms with Gasteiger partial charge < -0.3 is 9.72 Å². The molecular formula is C22H19N3O4S. The van der Waals surface area contributed by atoms with Crippen LogP contribution >= 0.6 is 0 Å². The van der Waals surface area contributed by atoms with Gasteiger partial charge in [-0.1, -0.05) is 24.3 Å². The number of carbonyl (C=O) groups is 1. The van der Waals surface area contributed by atoms with Crippen molar-refractivity contribution in [3.05, 3.63) is 78.1 Å². The summed E-state index contributed by atoms with van der Waals surface area (Å²) in [7, 11) is -1.86. The first-order valence-electron chi connectivity index (χ1n) is 9.09. The van der Waals surface area contributed by atoms with Crippen molar-refractivity contribution in [1.29, 1.82) is 0 Å². The molecule has 0 bridgehead atoms. The molecule has 0 atom stereocenters. The lowest BCUT2D eigenvalue weighted by Gasteiger charge is -2.09. The minimum atomic E-state index is -3.41. The number of anilines is 1. The second kappa shape index (κ2) is 7.64. The number of benzene rings is 2. The number of H-pyrrole nitrogens is 1. The van der Waals surface area contributed by atoms with E-state index in [0.717, 1.165) is 17.4 Å². The Morgan fingerprint density at radius 1 is 1.10 bits per heavy atom. The van der Waals surface area contributed by atoms with Crippen LogP contribution in [0.1, 0.15) is 15.9 Å². The Hall–Kier alpha value is -3.65. The quantitative estimate of drug-likeness (QED) is 0.461. The molecule has 0 saturated carbocycles. The third-order valence-electron chi connectivity index (χ3n) is 4.63. The molecule has 2 heterocycles. The van der Waals surface area contributed by atoms with Gasteiger partial charge in [-0.15, -0.1) is 0 Å². The van der Waals surface area contributed by atoms with Gasteiger partial charge in [0.05, 0.1) is 18.9 Å². The van der Waals surface area contributed by atoms with Gasteiger partial charge in [0.2, 0.25) is 10.0 Å². The van der Waals surface area contributed by atoms with Gasteiger partial charge in [-0.2, -0.15) is 0 Å². The Labute approximate surface area is 173 Å². The van der Waals surface area contributed by atoms with E-state index in [1.165, 1.54) is 0 Å². The summed E-state index contributed by atoms with van der Waals surface area (Å²) < 4.78 is 30.9. The number of nitrogens with zero attached hydrogens (tertiary/aromatic N) is 1. The standard InChI is InChI=1S/C22H19N3O4S/c1-29-17-8-4-6-15(12-17)21(26)19-13-24-22-20(19)18(9-10-23-22)14-5-3-7-16(11-14)25-30(2,27)28/h3-13,25H,1-2H3,(H,23,24). The molecule has 0 fully saturated rings. The molecule has 0 aliphatic carbocycles. The highest BCUT2D eigenvalue weighted by molar-refractivity contribution is 7.92. The lowest BCUT2D eigenvalue weighted by atomic mass is 9.97. The van der Waals surface area contributed by atoms with Crippen LogP contribution in [-0.2, 0) is 10.0 Å². The van der Waals surface area contributed by atoms with Crippen molar-refractivity contribution in [3.8, 4) is 16.9 Å². The molecule has 4 aromatic rings. The number of methoxy groups -OCH3 is 1. The van der Waals surface area contributed by atoms with Crippen LogP contribution in [0.4, 0.5) is 5.69 Å². The molecule has 4 rings (SSSR count). The third-order valence-corrected chi connectivity index (χ3v) is 5.23. The zero-order chi connectivity index (χ0) is 21.3. The molecule has 7 nitrogen and oxygen atoms in total. The molecule has 0 aliphatic heterocycles. The molecule has 30 heavy (non-hydrogen) atoms. The van der Waals surface area contributed by atoms with Crippen LogP contribution in [0.3, 0.4) is 0 Å². The highest BCUT2D eigenvalue weighted by Crippen LogP contribution is 2.33. The average Bonchev–Trinajstić information content (AvgIpc) is 3.16. The molecule has 0 amide bonds. The van der Waals surface area contributed by atoms with Crippen molar-refractivity contribution in [2.45, 2.75) is 0 Å². The van der Waals surface area contributed by atoms with Gasteiger partial charge in [-0.05, 0) is 41.5 Å². The molecule has 8 heteroatoms. The highest BCUT2D eigenvalue weighted by atomic mass is 32.2. The lowest BCUT2D eigenvalue weighted by molar-refractivity contribution is 0.104. The fourth-order valence-corrected chi connectivity index (χ4v) is 3.92. The summed E-state index contributed by atoms with van der Waals surface area (Å²) in [6, 6.07) is 15.8. The Bertz CT molecular complexity index is 1360. The van der Waals surface area contributed by atoms with E-state index in [1.807, 2.05) is 6.07 Å². The van der Waals surface area contributed by atoms with Crippen molar-refractivity contribution in [2.75, 3.05) is 18.1 Å². The maximum Gasteiger partial charge on any atom is 0.229 e. The first kappa shape index (κ1) is 19.7. The van der Waals surface area contributed by atoms with E-state index >= 15 is 0 Å². The Morgan fingerprint density at radius 2 is 1.90 bits per heavy atom. The first-order chi connectivity index (χ1) is 14.4. The highest BCUT2D eigenvalue weighted by Gasteiger charge is 2.19. The largest absolute Gasteiger partial charge is 0.497 e. The van der Waals surface area contributed by atoms with Crippen LogP contribution in [0, 0.1) is 0 Å². The predicted molar refractivity (Wildman–Crippen MR) is 116 cm³/mol. The van der Waals surface area contributed by atoms with E-state index in [-0.39, 0.29) is 5.78 Å². The second-order valence-electron chi connectivity index (χ2n) is 6.80. The van der Waals surface area contributed by atoms with Crippen LogP contribution in [0.15, 0.2) is 67.0 Å². The number of fused-ring (bicyclic) bond motifs is 1. The van der Waals surface area contributed by atoms with Gasteiger partial charge in [0.15, 0.2) is 5.78 Å². The SMILES string of the molecule is COc1cccc(C(=O)c2c[nH]c3nccc(-c4cccc(NS(C)(=O)=O)c4)c23)c1. The van der Waals surface area contributed by atoms with Crippen molar-refractivity contribution in [2.24, 2.45) is 0 Å². The number of pyridine rings is 1. The topological polar surface area (TPSA) is 101 Å². The maximum absolute atomic E-state index is 13.2. The molecule has 152 valence electrons. The second-order valence-corrected chi connectivity index (χ2v) is 8.55. The summed E-state index contributed by atoms with van der Waals surface area (Å²) in [5.41, 5.74) is 3.51. The van der Waals surface area contributed by atoms with Crippen LogP contribution in [-0.4, -0.2) is 37.5 Å². The summed E-state index contributed by atoms with van der Waals surface area (Å²) >= 11 is 0. The smallest absolute Gasteiger partial charge is 0.229 e. The molecule has 0 saturated heterocycles. The molecule has 0 radical (unpaired) electrons. The summed E-state index contributed by atoms with van der Waals surface area (Å²) in [4.78, 5) is 20.6. The number of hydrogen-bond acceptors (Lipinski definition) is 5. The number of rotatable bonds is 6. The number of sulfonamides is 1. The minimum absolute atomic E-state index is 0.167. The summed E-state index contributed by atoms with van der Waals surface area (Å²) in [5.74, 6) is 0.429. The first-order valence-corrected chi connectivity index (χ1v) is 11.0. The number of ketones is 1. The van der Waals surface area contributed by atoms with Crippen molar-refractivity contribution in [3.63, 3.8) is 0 Å². The van der Waals surface area contributed by atoms with Crippen LogP contribution in [0.2, 0.25) is 0 Å². The monoisotopic (exact) mass is 421 g/mol. The molecule has 0 spiro atoms. The molecule has 2 N–H and O–H groups in total. The van der Waals surface area contributed by atoms with Gasteiger partial charge in [0.25, 0.3) is 0 Å². The van der Waals surface area contributed by atoms with E-state index in [1.54, 1.807) is 68.0 Å². The number of carbonyl (C=O) groups excluding carboxylic acids is 1. The van der Waals surface area contributed by atoms with E-state index < -0.39 is 10.0 Å². The maximum atomic E-state index is 13.2. The Balaban J connectivity index is 1.84.